The molecule has 90 valence electrons. The van der Waals surface area contributed by atoms with Crippen molar-refractivity contribution in [2.24, 2.45) is 23.2 Å². The van der Waals surface area contributed by atoms with Gasteiger partial charge in [-0.25, -0.2) is 0 Å². The first-order valence-corrected chi connectivity index (χ1v) is 7.01. The highest BCUT2D eigenvalue weighted by atomic mass is 16.3. The van der Waals surface area contributed by atoms with Crippen LogP contribution in [0.15, 0.2) is 12.7 Å². The molecule has 0 aromatic heterocycles. The lowest BCUT2D eigenvalue weighted by Gasteiger charge is -2.58. The van der Waals surface area contributed by atoms with Gasteiger partial charge in [-0.1, -0.05) is 6.08 Å². The van der Waals surface area contributed by atoms with Gasteiger partial charge in [-0.05, 0) is 74.5 Å². The minimum Gasteiger partial charge on any atom is -0.393 e. The van der Waals surface area contributed by atoms with Gasteiger partial charge in [0.15, 0.2) is 0 Å². The molecule has 4 bridgehead atoms. The van der Waals surface area contributed by atoms with E-state index in [1.54, 1.807) is 0 Å². The van der Waals surface area contributed by atoms with Crippen LogP contribution in [0.1, 0.15) is 51.4 Å². The fourth-order valence-electron chi connectivity index (χ4n) is 5.17. The molecule has 0 aromatic carbocycles. The Bertz CT molecular complexity index is 246. The minimum atomic E-state index is -0.0566. The molecular formula is C15H24O. The average Bonchev–Trinajstić information content (AvgIpc) is 2.24. The number of hydrogen-bond acceptors (Lipinski definition) is 1. The molecular weight excluding hydrogens is 196 g/mol. The zero-order valence-corrected chi connectivity index (χ0v) is 10.2. The first kappa shape index (κ1) is 10.8. The summed E-state index contributed by atoms with van der Waals surface area (Å²) in [5, 5.41) is 10.5. The molecule has 4 aliphatic rings. The number of aliphatic hydroxyl groups is 1. The first-order valence-electron chi connectivity index (χ1n) is 7.01. The number of hydrogen-bond donors (Lipinski definition) is 1. The largest absolute Gasteiger partial charge is 0.393 e. The van der Waals surface area contributed by atoms with E-state index in [1.807, 2.05) is 6.08 Å². The van der Waals surface area contributed by atoms with Crippen LogP contribution in [0.2, 0.25) is 0 Å². The molecule has 1 unspecified atom stereocenters. The maximum absolute atomic E-state index is 10.5. The summed E-state index contributed by atoms with van der Waals surface area (Å²) < 4.78 is 0. The molecule has 0 heterocycles. The zero-order valence-electron chi connectivity index (χ0n) is 10.2. The summed E-state index contributed by atoms with van der Waals surface area (Å²) in [7, 11) is 0. The number of allylic oxidation sites excluding steroid dienone is 1. The Morgan fingerprint density at radius 1 is 1.12 bits per heavy atom. The zero-order chi connectivity index (χ0) is 11.2. The van der Waals surface area contributed by atoms with E-state index in [0.29, 0.717) is 5.41 Å². The SMILES string of the molecule is C=CCCC(O)C12CC3CC(CC(C3)C1)C2. The quantitative estimate of drug-likeness (QED) is 0.719. The third-order valence-corrected chi connectivity index (χ3v) is 5.44. The van der Waals surface area contributed by atoms with Crippen molar-refractivity contribution < 1.29 is 5.11 Å². The Labute approximate surface area is 98.9 Å². The Morgan fingerprint density at radius 2 is 1.62 bits per heavy atom. The highest BCUT2D eigenvalue weighted by Crippen LogP contribution is 2.61. The standard InChI is InChI=1S/C15H24O/c1-2-3-4-14(16)15-8-11-5-12(9-15)7-13(6-11)10-15/h2,11-14,16H,1,3-10H2. The highest BCUT2D eigenvalue weighted by molar-refractivity contribution is 5.04. The van der Waals surface area contributed by atoms with Crippen LogP contribution in [0, 0.1) is 23.2 Å². The summed E-state index contributed by atoms with van der Waals surface area (Å²) in [5.74, 6) is 2.85. The average molecular weight is 220 g/mol. The van der Waals surface area contributed by atoms with Crippen molar-refractivity contribution in [3.8, 4) is 0 Å². The fourth-order valence-corrected chi connectivity index (χ4v) is 5.17. The van der Waals surface area contributed by atoms with Gasteiger partial charge in [0.05, 0.1) is 6.10 Å². The predicted molar refractivity (Wildman–Crippen MR) is 66.0 cm³/mol. The molecule has 1 heteroatoms. The molecule has 0 saturated heterocycles. The second-order valence-corrected chi connectivity index (χ2v) is 6.66. The lowest BCUT2D eigenvalue weighted by Crippen LogP contribution is -2.51. The second-order valence-electron chi connectivity index (χ2n) is 6.66. The van der Waals surface area contributed by atoms with Gasteiger partial charge in [-0.3, -0.25) is 0 Å². The van der Waals surface area contributed by atoms with E-state index in [9.17, 15) is 5.11 Å². The molecule has 4 aliphatic carbocycles. The van der Waals surface area contributed by atoms with Crippen molar-refractivity contribution in [3.63, 3.8) is 0 Å². The van der Waals surface area contributed by atoms with E-state index in [1.165, 1.54) is 38.5 Å². The Hall–Kier alpha value is -0.300. The normalized spacial score (nSPS) is 46.9. The molecule has 4 fully saturated rings. The van der Waals surface area contributed by atoms with Crippen LogP contribution in [-0.4, -0.2) is 11.2 Å². The molecule has 0 amide bonds. The maximum atomic E-state index is 10.5. The first-order chi connectivity index (χ1) is 7.72. The van der Waals surface area contributed by atoms with Crippen molar-refractivity contribution in [3.05, 3.63) is 12.7 Å². The Morgan fingerprint density at radius 3 is 2.06 bits per heavy atom. The van der Waals surface area contributed by atoms with Crippen LogP contribution < -0.4 is 0 Å². The molecule has 4 rings (SSSR count). The summed E-state index contributed by atoms with van der Waals surface area (Å²) in [5.41, 5.74) is 0.317. The molecule has 1 nitrogen and oxygen atoms in total. The summed E-state index contributed by atoms with van der Waals surface area (Å²) in [4.78, 5) is 0. The number of rotatable bonds is 4. The molecule has 0 aliphatic heterocycles. The molecule has 16 heavy (non-hydrogen) atoms. The van der Waals surface area contributed by atoms with Crippen LogP contribution in [0.5, 0.6) is 0 Å². The minimum absolute atomic E-state index is 0.0566. The van der Waals surface area contributed by atoms with E-state index in [4.69, 9.17) is 0 Å². The van der Waals surface area contributed by atoms with Crippen molar-refractivity contribution in [1.29, 1.82) is 0 Å². The second kappa shape index (κ2) is 3.87. The van der Waals surface area contributed by atoms with E-state index >= 15 is 0 Å². The van der Waals surface area contributed by atoms with Gasteiger partial charge in [-0.15, -0.1) is 6.58 Å². The van der Waals surface area contributed by atoms with Crippen molar-refractivity contribution in [2.45, 2.75) is 57.5 Å². The fraction of sp³-hybridized carbons (Fsp3) is 0.867. The third-order valence-electron chi connectivity index (χ3n) is 5.44. The van der Waals surface area contributed by atoms with Gasteiger partial charge in [0.2, 0.25) is 0 Å². The summed E-state index contributed by atoms with van der Waals surface area (Å²) in [6, 6.07) is 0. The summed E-state index contributed by atoms with van der Waals surface area (Å²) in [6.45, 7) is 3.77. The summed E-state index contributed by atoms with van der Waals surface area (Å²) in [6.07, 6.45) is 12.2. The molecule has 0 spiro atoms. The Balaban J connectivity index is 1.75. The molecule has 4 saturated carbocycles. The molecule has 1 atom stereocenters. The van der Waals surface area contributed by atoms with Gasteiger partial charge in [0.25, 0.3) is 0 Å². The van der Waals surface area contributed by atoms with Crippen LogP contribution in [-0.2, 0) is 0 Å². The van der Waals surface area contributed by atoms with Gasteiger partial charge < -0.3 is 5.11 Å². The predicted octanol–water partition coefficient (Wildman–Crippen LogP) is 3.53. The van der Waals surface area contributed by atoms with Crippen molar-refractivity contribution in [1.82, 2.24) is 0 Å². The molecule has 0 aromatic rings. The third kappa shape index (κ3) is 1.64. The maximum Gasteiger partial charge on any atom is 0.0599 e. The van der Waals surface area contributed by atoms with Crippen LogP contribution in [0.25, 0.3) is 0 Å². The van der Waals surface area contributed by atoms with E-state index in [-0.39, 0.29) is 6.10 Å². The lowest BCUT2D eigenvalue weighted by molar-refractivity contribution is -0.121. The monoisotopic (exact) mass is 220 g/mol. The highest BCUT2D eigenvalue weighted by Gasteiger charge is 2.53. The van der Waals surface area contributed by atoms with Crippen LogP contribution in [0.3, 0.4) is 0 Å². The van der Waals surface area contributed by atoms with Crippen molar-refractivity contribution >= 4 is 0 Å². The van der Waals surface area contributed by atoms with E-state index in [0.717, 1.165) is 30.6 Å². The smallest absolute Gasteiger partial charge is 0.0599 e. The topological polar surface area (TPSA) is 20.2 Å². The number of aliphatic hydroxyl groups excluding tert-OH is 1. The van der Waals surface area contributed by atoms with Crippen LogP contribution >= 0.6 is 0 Å². The molecule has 0 radical (unpaired) electrons. The van der Waals surface area contributed by atoms with Gasteiger partial charge in [0.1, 0.15) is 0 Å². The summed E-state index contributed by atoms with van der Waals surface area (Å²) >= 11 is 0. The van der Waals surface area contributed by atoms with Crippen molar-refractivity contribution in [2.75, 3.05) is 0 Å². The molecule has 1 N–H and O–H groups in total. The lowest BCUT2D eigenvalue weighted by atomic mass is 9.48. The van der Waals surface area contributed by atoms with Gasteiger partial charge >= 0.3 is 0 Å². The van der Waals surface area contributed by atoms with Crippen LogP contribution in [0.4, 0.5) is 0 Å². The van der Waals surface area contributed by atoms with Gasteiger partial charge in [-0.2, -0.15) is 0 Å². The van der Waals surface area contributed by atoms with E-state index in [2.05, 4.69) is 6.58 Å². The van der Waals surface area contributed by atoms with E-state index < -0.39 is 0 Å². The Kier molecular flexibility index (Phi) is 2.62. The van der Waals surface area contributed by atoms with Gasteiger partial charge in [0, 0.05) is 0 Å².